The van der Waals surface area contributed by atoms with Crippen LogP contribution in [-0.4, -0.2) is 19.8 Å². The van der Waals surface area contributed by atoms with E-state index in [1.807, 2.05) is 0 Å². The summed E-state index contributed by atoms with van der Waals surface area (Å²) in [6, 6.07) is 8.32. The molecule has 0 aliphatic heterocycles. The van der Waals surface area contributed by atoms with Crippen LogP contribution in [0.5, 0.6) is 0 Å². The van der Waals surface area contributed by atoms with Gasteiger partial charge in [-0.1, -0.05) is 51.2 Å². The van der Waals surface area contributed by atoms with E-state index in [2.05, 4.69) is 55.5 Å². The predicted molar refractivity (Wildman–Crippen MR) is 72.4 cm³/mol. The molecule has 86 valence electrons. The van der Waals surface area contributed by atoms with Crippen molar-refractivity contribution in [1.29, 1.82) is 0 Å². The van der Waals surface area contributed by atoms with E-state index in [-0.39, 0.29) is 0 Å². The second-order valence-corrected chi connectivity index (χ2v) is 6.44. The number of fused-ring (bicyclic) bond motifs is 1. The molecule has 17 heavy (non-hydrogen) atoms. The molecular formula is C10H7BrN4S2. The molecule has 2 aromatic heterocycles. The van der Waals surface area contributed by atoms with Crippen molar-refractivity contribution >= 4 is 44.0 Å². The number of thioether (sulfide) groups is 1. The van der Waals surface area contributed by atoms with Crippen LogP contribution < -0.4 is 0 Å². The van der Waals surface area contributed by atoms with Gasteiger partial charge in [0.2, 0.25) is 4.96 Å². The van der Waals surface area contributed by atoms with Gasteiger partial charge < -0.3 is 0 Å². The summed E-state index contributed by atoms with van der Waals surface area (Å²) in [4.78, 5) is 0.836. The molecule has 0 saturated heterocycles. The zero-order chi connectivity index (χ0) is 11.7. The number of benzene rings is 1. The maximum absolute atomic E-state index is 4.37. The molecule has 0 aliphatic carbocycles. The van der Waals surface area contributed by atoms with Gasteiger partial charge in [0, 0.05) is 10.2 Å². The summed E-state index contributed by atoms with van der Waals surface area (Å²) >= 11 is 6.70. The SMILES string of the molecule is Brc1ccc(CSc2nn3cnnc3s2)cc1. The summed E-state index contributed by atoms with van der Waals surface area (Å²) in [7, 11) is 0. The standard InChI is InChI=1S/C10H7BrN4S2/c11-8-3-1-7(2-4-8)5-16-10-14-15-6-12-13-9(15)17-10/h1-4,6H,5H2. The van der Waals surface area contributed by atoms with E-state index in [9.17, 15) is 0 Å². The fourth-order valence-corrected chi connectivity index (χ4v) is 3.41. The normalized spacial score (nSPS) is 11.1. The molecule has 0 N–H and O–H groups in total. The minimum atomic E-state index is 0.836. The highest BCUT2D eigenvalue weighted by molar-refractivity contribution is 9.10. The molecule has 0 saturated carbocycles. The number of aromatic nitrogens is 4. The Morgan fingerprint density at radius 2 is 2.12 bits per heavy atom. The zero-order valence-electron chi connectivity index (χ0n) is 8.58. The van der Waals surface area contributed by atoms with Crippen LogP contribution in [0.2, 0.25) is 0 Å². The van der Waals surface area contributed by atoms with E-state index < -0.39 is 0 Å². The Bertz CT molecular complexity index is 603. The maximum atomic E-state index is 4.37. The quantitative estimate of drug-likeness (QED) is 0.693. The molecule has 3 rings (SSSR count). The molecule has 0 aliphatic rings. The third kappa shape index (κ3) is 2.51. The van der Waals surface area contributed by atoms with Crippen molar-refractivity contribution in [3.05, 3.63) is 40.6 Å². The average molecular weight is 327 g/mol. The predicted octanol–water partition coefficient (Wildman–Crippen LogP) is 3.24. The van der Waals surface area contributed by atoms with Gasteiger partial charge in [-0.2, -0.15) is 4.52 Å². The Kier molecular flexibility index (Phi) is 3.13. The van der Waals surface area contributed by atoms with Gasteiger partial charge in [-0.25, -0.2) is 0 Å². The van der Waals surface area contributed by atoms with Crippen LogP contribution in [0.1, 0.15) is 5.56 Å². The maximum Gasteiger partial charge on any atom is 0.235 e. The van der Waals surface area contributed by atoms with Crippen LogP contribution in [0.15, 0.2) is 39.4 Å². The number of hydrogen-bond donors (Lipinski definition) is 0. The van der Waals surface area contributed by atoms with Crippen molar-refractivity contribution < 1.29 is 0 Å². The van der Waals surface area contributed by atoms with Crippen LogP contribution >= 0.6 is 39.0 Å². The van der Waals surface area contributed by atoms with Gasteiger partial charge in [0.25, 0.3) is 0 Å². The number of nitrogens with zero attached hydrogens (tertiary/aromatic N) is 4. The van der Waals surface area contributed by atoms with Crippen LogP contribution in [0, 0.1) is 0 Å². The van der Waals surface area contributed by atoms with Gasteiger partial charge in [-0.15, -0.1) is 15.3 Å². The van der Waals surface area contributed by atoms with Gasteiger partial charge in [-0.3, -0.25) is 0 Å². The Morgan fingerprint density at radius 3 is 2.88 bits per heavy atom. The Hall–Kier alpha value is -0.920. The third-order valence-corrected chi connectivity index (χ3v) is 4.79. The van der Waals surface area contributed by atoms with Crippen LogP contribution in [0.4, 0.5) is 0 Å². The Morgan fingerprint density at radius 1 is 1.29 bits per heavy atom. The minimum absolute atomic E-state index is 0.836. The summed E-state index contributed by atoms with van der Waals surface area (Å²) in [5.74, 6) is 0.914. The van der Waals surface area contributed by atoms with E-state index in [4.69, 9.17) is 0 Å². The highest BCUT2D eigenvalue weighted by atomic mass is 79.9. The van der Waals surface area contributed by atoms with Gasteiger partial charge in [0.1, 0.15) is 6.33 Å². The van der Waals surface area contributed by atoms with Crippen molar-refractivity contribution in [2.45, 2.75) is 10.1 Å². The molecule has 0 bridgehead atoms. The summed E-state index contributed by atoms with van der Waals surface area (Å²) in [6.45, 7) is 0. The molecule has 0 fully saturated rings. The van der Waals surface area contributed by atoms with Crippen molar-refractivity contribution in [2.24, 2.45) is 0 Å². The van der Waals surface area contributed by atoms with Crippen molar-refractivity contribution in [2.75, 3.05) is 0 Å². The smallest absolute Gasteiger partial charge is 0.190 e. The molecule has 3 aromatic rings. The lowest BCUT2D eigenvalue weighted by Gasteiger charge is -1.98. The fourth-order valence-electron chi connectivity index (χ4n) is 1.33. The summed E-state index contributed by atoms with van der Waals surface area (Å²) in [6.07, 6.45) is 1.62. The molecule has 7 heteroatoms. The van der Waals surface area contributed by atoms with Gasteiger partial charge >= 0.3 is 0 Å². The molecule has 0 spiro atoms. The lowest BCUT2D eigenvalue weighted by atomic mass is 10.2. The first kappa shape index (κ1) is 11.2. The van der Waals surface area contributed by atoms with E-state index in [0.717, 1.165) is 19.5 Å². The van der Waals surface area contributed by atoms with Crippen LogP contribution in [0.25, 0.3) is 4.96 Å². The lowest BCUT2D eigenvalue weighted by Crippen LogP contribution is -1.82. The van der Waals surface area contributed by atoms with Crippen molar-refractivity contribution in [1.82, 2.24) is 19.8 Å². The zero-order valence-corrected chi connectivity index (χ0v) is 11.8. The largest absolute Gasteiger partial charge is 0.235 e. The minimum Gasteiger partial charge on any atom is -0.190 e. The Balaban J connectivity index is 1.71. The van der Waals surface area contributed by atoms with E-state index in [1.54, 1.807) is 33.9 Å². The average Bonchev–Trinajstić information content (AvgIpc) is 2.88. The van der Waals surface area contributed by atoms with Gasteiger partial charge in [-0.05, 0) is 17.7 Å². The van der Waals surface area contributed by atoms with Crippen molar-refractivity contribution in [3.63, 3.8) is 0 Å². The number of hydrogen-bond acceptors (Lipinski definition) is 5. The van der Waals surface area contributed by atoms with E-state index >= 15 is 0 Å². The highest BCUT2D eigenvalue weighted by Crippen LogP contribution is 2.27. The summed E-state index contributed by atoms with van der Waals surface area (Å²) in [5.41, 5.74) is 1.28. The molecule has 0 radical (unpaired) electrons. The van der Waals surface area contributed by atoms with Crippen LogP contribution in [-0.2, 0) is 5.75 Å². The second kappa shape index (κ2) is 4.75. The van der Waals surface area contributed by atoms with Crippen molar-refractivity contribution in [3.8, 4) is 0 Å². The number of halogens is 1. The van der Waals surface area contributed by atoms with Gasteiger partial charge in [0.05, 0.1) is 0 Å². The Labute approximate surface area is 114 Å². The lowest BCUT2D eigenvalue weighted by molar-refractivity contribution is 0.902. The first-order chi connectivity index (χ1) is 8.31. The molecule has 0 atom stereocenters. The molecular weight excluding hydrogens is 320 g/mol. The first-order valence-corrected chi connectivity index (χ1v) is 7.45. The second-order valence-electron chi connectivity index (χ2n) is 3.34. The third-order valence-electron chi connectivity index (χ3n) is 2.14. The molecule has 0 amide bonds. The molecule has 1 aromatic carbocycles. The molecule has 0 unspecified atom stereocenters. The first-order valence-electron chi connectivity index (χ1n) is 4.85. The topological polar surface area (TPSA) is 43.1 Å². The molecule has 2 heterocycles. The monoisotopic (exact) mass is 326 g/mol. The van der Waals surface area contributed by atoms with Gasteiger partial charge in [0.15, 0.2) is 4.34 Å². The number of rotatable bonds is 3. The molecule has 4 nitrogen and oxygen atoms in total. The fraction of sp³-hybridized carbons (Fsp3) is 0.100. The highest BCUT2D eigenvalue weighted by Gasteiger charge is 2.05. The summed E-state index contributed by atoms with van der Waals surface area (Å²) < 4.78 is 3.82. The van der Waals surface area contributed by atoms with E-state index in [0.29, 0.717) is 0 Å². The van der Waals surface area contributed by atoms with Crippen LogP contribution in [0.3, 0.4) is 0 Å². The summed E-state index contributed by atoms with van der Waals surface area (Å²) in [5, 5.41) is 12.1. The van der Waals surface area contributed by atoms with E-state index in [1.165, 1.54) is 5.56 Å².